The van der Waals surface area contributed by atoms with E-state index in [1.165, 1.54) is 29.9 Å². The van der Waals surface area contributed by atoms with Gasteiger partial charge in [-0.15, -0.1) is 11.3 Å². The van der Waals surface area contributed by atoms with E-state index in [0.717, 1.165) is 21.6 Å². The molecule has 23 heavy (non-hydrogen) atoms. The molecule has 0 radical (unpaired) electrons. The Bertz CT molecular complexity index is 836. The number of esters is 1. The summed E-state index contributed by atoms with van der Waals surface area (Å²) in [7, 11) is 0. The molecule has 0 amide bonds. The van der Waals surface area contributed by atoms with E-state index in [1.54, 1.807) is 6.07 Å². The summed E-state index contributed by atoms with van der Waals surface area (Å²) in [6.07, 6.45) is 2.84. The van der Waals surface area contributed by atoms with Crippen LogP contribution in [-0.2, 0) is 0 Å². The molecule has 0 aliphatic rings. The molecule has 0 aliphatic heterocycles. The second-order valence-corrected chi connectivity index (χ2v) is 6.14. The van der Waals surface area contributed by atoms with Crippen LogP contribution in [0.3, 0.4) is 0 Å². The second-order valence-electron chi connectivity index (χ2n) is 5.06. The Morgan fingerprint density at radius 2 is 1.91 bits per heavy atom. The summed E-state index contributed by atoms with van der Waals surface area (Å²) in [5.74, 6) is 0.0668. The fourth-order valence-corrected chi connectivity index (χ4v) is 3.05. The first-order valence-corrected chi connectivity index (χ1v) is 7.75. The highest BCUT2D eigenvalue weighted by Crippen LogP contribution is 2.33. The number of nitrogens with zero attached hydrogens (tertiary/aromatic N) is 2. The van der Waals surface area contributed by atoms with Crippen molar-refractivity contribution >= 4 is 17.3 Å². The minimum atomic E-state index is -0.452. The van der Waals surface area contributed by atoms with Gasteiger partial charge in [0, 0.05) is 17.1 Å². The zero-order valence-corrected chi connectivity index (χ0v) is 13.4. The molecule has 3 rings (SSSR count). The highest BCUT2D eigenvalue weighted by molar-refractivity contribution is 7.17. The van der Waals surface area contributed by atoms with Crippen molar-refractivity contribution in [1.29, 1.82) is 0 Å². The molecule has 0 saturated carbocycles. The normalized spacial score (nSPS) is 10.5. The molecule has 6 heteroatoms. The van der Waals surface area contributed by atoms with Gasteiger partial charge in [-0.25, -0.2) is 14.8 Å². The Morgan fingerprint density at radius 1 is 1.17 bits per heavy atom. The molecule has 0 unspecified atom stereocenters. The first-order valence-electron chi connectivity index (χ1n) is 6.93. The average Bonchev–Trinajstić information content (AvgIpc) is 3.03. The molecular formula is C17H14N2O3S. The minimum absolute atomic E-state index is 0.219. The number of hydrogen-bond acceptors (Lipinski definition) is 6. The highest BCUT2D eigenvalue weighted by Gasteiger charge is 2.14. The van der Waals surface area contributed by atoms with E-state index in [4.69, 9.17) is 4.74 Å². The molecule has 2 aromatic heterocycles. The van der Waals surface area contributed by atoms with Crippen LogP contribution >= 0.6 is 11.3 Å². The monoisotopic (exact) mass is 326 g/mol. The van der Waals surface area contributed by atoms with Gasteiger partial charge in [0.15, 0.2) is 0 Å². The molecule has 2 heterocycles. The number of thiophene rings is 1. The third kappa shape index (κ3) is 3.22. The predicted molar refractivity (Wildman–Crippen MR) is 87.9 cm³/mol. The summed E-state index contributed by atoms with van der Waals surface area (Å²) in [6.45, 7) is 3.70. The van der Waals surface area contributed by atoms with Crippen LogP contribution in [0.1, 0.15) is 20.8 Å². The lowest BCUT2D eigenvalue weighted by Crippen LogP contribution is -2.07. The van der Waals surface area contributed by atoms with Gasteiger partial charge < -0.3 is 9.84 Å². The first-order chi connectivity index (χ1) is 11.0. The molecule has 1 aromatic carbocycles. The number of hydrogen-bond donors (Lipinski definition) is 1. The summed E-state index contributed by atoms with van der Waals surface area (Å²) in [5, 5.41) is 9.85. The molecule has 0 saturated heterocycles. The van der Waals surface area contributed by atoms with Crippen molar-refractivity contribution in [1.82, 2.24) is 9.97 Å². The van der Waals surface area contributed by atoms with Gasteiger partial charge in [-0.05, 0) is 54.8 Å². The lowest BCUT2D eigenvalue weighted by Gasteiger charge is -2.06. The Balaban J connectivity index is 1.84. The summed E-state index contributed by atoms with van der Waals surface area (Å²) >= 11 is 1.34. The third-order valence-corrected chi connectivity index (χ3v) is 4.45. The Kier molecular flexibility index (Phi) is 4.08. The van der Waals surface area contributed by atoms with E-state index in [2.05, 4.69) is 9.97 Å². The summed E-state index contributed by atoms with van der Waals surface area (Å²) in [6, 6.07) is 8.91. The van der Waals surface area contributed by atoms with Crippen LogP contribution in [0.25, 0.3) is 10.4 Å². The van der Waals surface area contributed by atoms with Crippen LogP contribution in [0.5, 0.6) is 11.6 Å². The molecule has 0 atom stereocenters. The zero-order valence-electron chi connectivity index (χ0n) is 12.6. The minimum Gasteiger partial charge on any atom is -0.507 e. The number of benzene rings is 1. The van der Waals surface area contributed by atoms with Crippen LogP contribution in [-0.4, -0.2) is 21.0 Å². The maximum Gasteiger partial charge on any atom is 0.355 e. The topological polar surface area (TPSA) is 72.3 Å². The number of phenolic OH excluding ortho intramolecular Hbond substituents is 1. The smallest absolute Gasteiger partial charge is 0.355 e. The van der Waals surface area contributed by atoms with Crippen LogP contribution in [0.15, 0.2) is 42.9 Å². The number of rotatable bonds is 3. The van der Waals surface area contributed by atoms with Gasteiger partial charge in [0.2, 0.25) is 5.88 Å². The quantitative estimate of drug-likeness (QED) is 0.742. The van der Waals surface area contributed by atoms with Crippen molar-refractivity contribution in [3.05, 3.63) is 58.9 Å². The number of aromatic nitrogens is 2. The molecule has 3 aromatic rings. The SMILES string of the molecule is Cc1cc(-c2ccc(C(=O)Oc3ccncn3)s2)cc(C)c1O. The standard InChI is InChI=1S/C17H14N2O3S/c1-10-7-12(8-11(2)16(10)20)13-3-4-14(23-13)17(21)22-15-5-6-18-9-19-15/h3-9,20H,1-2H3. The highest BCUT2D eigenvalue weighted by atomic mass is 32.1. The summed E-state index contributed by atoms with van der Waals surface area (Å²) in [4.78, 5) is 21.2. The zero-order chi connectivity index (χ0) is 16.4. The van der Waals surface area contributed by atoms with Gasteiger partial charge >= 0.3 is 5.97 Å². The van der Waals surface area contributed by atoms with Gasteiger partial charge in [0.05, 0.1) is 0 Å². The van der Waals surface area contributed by atoms with E-state index in [1.807, 2.05) is 32.0 Å². The molecule has 1 N–H and O–H groups in total. The van der Waals surface area contributed by atoms with E-state index < -0.39 is 5.97 Å². The predicted octanol–water partition coefficient (Wildman–Crippen LogP) is 3.75. The number of carbonyl (C=O) groups is 1. The third-order valence-electron chi connectivity index (χ3n) is 3.33. The van der Waals surface area contributed by atoms with Crippen molar-refractivity contribution in [2.75, 3.05) is 0 Å². The first kappa shape index (κ1) is 15.2. The number of phenols is 1. The maximum absolute atomic E-state index is 12.1. The van der Waals surface area contributed by atoms with Crippen molar-refractivity contribution in [3.63, 3.8) is 0 Å². The largest absolute Gasteiger partial charge is 0.507 e. The average molecular weight is 326 g/mol. The Labute approximate surface area is 137 Å². The van der Waals surface area contributed by atoms with Crippen molar-refractivity contribution < 1.29 is 14.6 Å². The van der Waals surface area contributed by atoms with Crippen LogP contribution < -0.4 is 4.74 Å². The van der Waals surface area contributed by atoms with Crippen molar-refractivity contribution in [2.24, 2.45) is 0 Å². The molecule has 0 spiro atoms. The van der Waals surface area contributed by atoms with Crippen LogP contribution in [0.2, 0.25) is 0 Å². The van der Waals surface area contributed by atoms with E-state index >= 15 is 0 Å². The van der Waals surface area contributed by atoms with Crippen LogP contribution in [0.4, 0.5) is 0 Å². The number of aromatic hydroxyl groups is 1. The van der Waals surface area contributed by atoms with Gasteiger partial charge in [-0.2, -0.15) is 0 Å². The van der Waals surface area contributed by atoms with Gasteiger partial charge in [0.1, 0.15) is 17.0 Å². The number of carbonyl (C=O) groups excluding carboxylic acids is 1. The maximum atomic E-state index is 12.1. The lowest BCUT2D eigenvalue weighted by atomic mass is 10.0. The van der Waals surface area contributed by atoms with Crippen LogP contribution in [0, 0.1) is 13.8 Å². The Morgan fingerprint density at radius 3 is 2.57 bits per heavy atom. The van der Waals surface area contributed by atoms with E-state index in [-0.39, 0.29) is 5.88 Å². The van der Waals surface area contributed by atoms with Gasteiger partial charge in [0.25, 0.3) is 0 Å². The van der Waals surface area contributed by atoms with Crippen molar-refractivity contribution in [2.45, 2.75) is 13.8 Å². The molecule has 0 bridgehead atoms. The fourth-order valence-electron chi connectivity index (χ4n) is 2.19. The van der Waals surface area contributed by atoms with Crippen molar-refractivity contribution in [3.8, 4) is 22.1 Å². The van der Waals surface area contributed by atoms with Gasteiger partial charge in [-0.3, -0.25) is 0 Å². The second kappa shape index (κ2) is 6.18. The molecule has 0 aliphatic carbocycles. The number of ether oxygens (including phenoxy) is 1. The fraction of sp³-hybridized carbons (Fsp3) is 0.118. The number of aryl methyl sites for hydroxylation is 2. The molecule has 116 valence electrons. The molecular weight excluding hydrogens is 312 g/mol. The molecule has 0 fully saturated rings. The molecule has 5 nitrogen and oxygen atoms in total. The van der Waals surface area contributed by atoms with Gasteiger partial charge in [-0.1, -0.05) is 0 Å². The lowest BCUT2D eigenvalue weighted by molar-refractivity contribution is 0.0732. The summed E-state index contributed by atoms with van der Waals surface area (Å²) in [5.41, 5.74) is 2.57. The summed E-state index contributed by atoms with van der Waals surface area (Å²) < 4.78 is 5.20. The Hall–Kier alpha value is -2.73. The van der Waals surface area contributed by atoms with E-state index in [9.17, 15) is 9.90 Å². The van der Waals surface area contributed by atoms with E-state index in [0.29, 0.717) is 10.6 Å².